The van der Waals surface area contributed by atoms with Crippen LogP contribution >= 0.6 is 0 Å². The highest BCUT2D eigenvalue weighted by atomic mass is 16.1. The predicted octanol–water partition coefficient (Wildman–Crippen LogP) is 6.08. The van der Waals surface area contributed by atoms with Gasteiger partial charge in [0.1, 0.15) is 0 Å². The fourth-order valence-electron chi connectivity index (χ4n) is 5.56. The van der Waals surface area contributed by atoms with E-state index in [1.165, 1.54) is 0 Å². The second-order valence-electron chi connectivity index (χ2n) is 8.92. The lowest BCUT2D eigenvalue weighted by molar-refractivity contribution is 0.0980. The van der Waals surface area contributed by atoms with Crippen LogP contribution in [0.4, 0.5) is 5.69 Å². The van der Waals surface area contributed by atoms with E-state index < -0.39 is 0 Å². The minimum Gasteiger partial charge on any atom is -0.398 e. The van der Waals surface area contributed by atoms with Gasteiger partial charge in [-0.15, -0.1) is 0 Å². The minimum absolute atomic E-state index is 0.00774. The maximum Gasteiger partial charge on any atom is 0.196 e. The molecule has 0 radical (unpaired) electrons. The lowest BCUT2D eigenvalue weighted by Crippen LogP contribution is -2.22. The van der Waals surface area contributed by atoms with Crippen molar-refractivity contribution in [1.82, 2.24) is 0 Å². The van der Waals surface area contributed by atoms with Crippen molar-refractivity contribution < 1.29 is 14.4 Å². The summed E-state index contributed by atoms with van der Waals surface area (Å²) in [5.41, 5.74) is 12.8. The molecule has 0 atom stereocenters. The Bertz CT molecular complexity index is 1810. The lowest BCUT2D eigenvalue weighted by atomic mass is 9.77. The summed E-state index contributed by atoms with van der Waals surface area (Å²) in [5.74, 6) is -0.460. The molecule has 0 amide bonds. The van der Waals surface area contributed by atoms with Crippen molar-refractivity contribution in [3.8, 4) is 22.3 Å². The molecule has 5 aromatic rings. The largest absolute Gasteiger partial charge is 0.398 e. The van der Waals surface area contributed by atoms with E-state index in [2.05, 4.69) is 0 Å². The van der Waals surface area contributed by atoms with Crippen molar-refractivity contribution in [1.29, 1.82) is 0 Å². The summed E-state index contributed by atoms with van der Waals surface area (Å²) in [6, 6.07) is 27.6. The van der Waals surface area contributed by atoms with Crippen molar-refractivity contribution in [2.75, 3.05) is 5.73 Å². The maximum atomic E-state index is 13.5. The maximum absolute atomic E-state index is 13.5. The molecule has 4 nitrogen and oxygen atoms in total. The summed E-state index contributed by atoms with van der Waals surface area (Å²) in [6.07, 6.45) is 0. The Morgan fingerprint density at radius 2 is 0.943 bits per heavy atom. The molecule has 35 heavy (non-hydrogen) atoms. The van der Waals surface area contributed by atoms with Crippen molar-refractivity contribution in [2.45, 2.75) is 0 Å². The molecule has 0 saturated heterocycles. The Kier molecular flexibility index (Phi) is 3.84. The number of benzene rings is 5. The van der Waals surface area contributed by atoms with E-state index in [1.54, 1.807) is 30.3 Å². The average molecular weight is 451 g/mol. The fraction of sp³-hybridized carbons (Fsp3) is 0. The number of carbonyl (C=O) groups excluding carboxylic acids is 3. The molecule has 0 heterocycles. The first-order valence-corrected chi connectivity index (χ1v) is 11.4. The highest BCUT2D eigenvalue weighted by Crippen LogP contribution is 2.47. The van der Waals surface area contributed by atoms with Crippen LogP contribution in [0.3, 0.4) is 0 Å². The Morgan fingerprint density at radius 1 is 0.400 bits per heavy atom. The number of hydrogen-bond donors (Lipinski definition) is 1. The summed E-state index contributed by atoms with van der Waals surface area (Å²) >= 11 is 0. The third-order valence-electron chi connectivity index (χ3n) is 7.15. The molecule has 0 aromatic heterocycles. The van der Waals surface area contributed by atoms with Crippen LogP contribution in [-0.4, -0.2) is 17.3 Å². The zero-order chi connectivity index (χ0) is 23.8. The van der Waals surface area contributed by atoms with Crippen LogP contribution < -0.4 is 5.73 Å². The monoisotopic (exact) mass is 451 g/mol. The molecule has 0 bridgehead atoms. The first-order valence-electron chi connectivity index (χ1n) is 11.4. The van der Waals surface area contributed by atoms with Gasteiger partial charge in [0, 0.05) is 38.8 Å². The molecule has 5 aromatic carbocycles. The van der Waals surface area contributed by atoms with E-state index in [0.29, 0.717) is 33.4 Å². The number of fused-ring (bicyclic) bond motifs is 4. The van der Waals surface area contributed by atoms with Crippen molar-refractivity contribution in [3.63, 3.8) is 0 Å². The molecule has 2 aliphatic carbocycles. The Labute approximate surface area is 200 Å². The second-order valence-corrected chi connectivity index (χ2v) is 8.92. The van der Waals surface area contributed by atoms with Gasteiger partial charge in [0.2, 0.25) is 0 Å². The summed E-state index contributed by atoms with van der Waals surface area (Å²) in [5, 5.41) is 1.83. The topological polar surface area (TPSA) is 77.2 Å². The van der Waals surface area contributed by atoms with Gasteiger partial charge >= 0.3 is 0 Å². The zero-order valence-corrected chi connectivity index (χ0v) is 18.5. The molecule has 0 fully saturated rings. The lowest BCUT2D eigenvalue weighted by Gasteiger charge is -2.25. The Hall–Kier alpha value is -4.83. The Balaban J connectivity index is 1.56. The van der Waals surface area contributed by atoms with E-state index in [0.717, 1.165) is 27.5 Å². The van der Waals surface area contributed by atoms with Crippen LogP contribution in [0.2, 0.25) is 0 Å². The molecule has 0 unspecified atom stereocenters. The number of rotatable bonds is 1. The van der Waals surface area contributed by atoms with Crippen molar-refractivity contribution in [3.05, 3.63) is 124 Å². The van der Waals surface area contributed by atoms with Gasteiger partial charge in [-0.25, -0.2) is 0 Å². The standard InChI is InChI=1S/C31H17NO3/c32-28-19(14-15-24-27(28)31(35)22-10-4-3-9-21(22)30(24)34)18-13-12-16-6-5-11-23-25(16)26(18)17-7-1-2-8-20(17)29(23)33/h1-15H,32H2. The highest BCUT2D eigenvalue weighted by Gasteiger charge is 2.33. The average Bonchev–Trinajstić information content (AvgIpc) is 2.90. The van der Waals surface area contributed by atoms with E-state index in [9.17, 15) is 14.4 Å². The zero-order valence-electron chi connectivity index (χ0n) is 18.5. The van der Waals surface area contributed by atoms with Crippen LogP contribution in [0.1, 0.15) is 47.8 Å². The van der Waals surface area contributed by atoms with E-state index >= 15 is 0 Å². The summed E-state index contributed by atoms with van der Waals surface area (Å²) < 4.78 is 0. The van der Waals surface area contributed by atoms with Crippen molar-refractivity contribution in [2.24, 2.45) is 0 Å². The number of nitrogen functional groups attached to an aromatic ring is 1. The molecule has 2 aliphatic rings. The van der Waals surface area contributed by atoms with Gasteiger partial charge in [0.05, 0.1) is 11.3 Å². The molecular formula is C31H17NO3. The van der Waals surface area contributed by atoms with Gasteiger partial charge in [-0.2, -0.15) is 0 Å². The fourth-order valence-corrected chi connectivity index (χ4v) is 5.56. The third kappa shape index (κ3) is 2.48. The third-order valence-corrected chi connectivity index (χ3v) is 7.15. The molecule has 0 spiro atoms. The van der Waals surface area contributed by atoms with E-state index in [4.69, 9.17) is 5.73 Å². The van der Waals surface area contributed by atoms with Gasteiger partial charge in [-0.3, -0.25) is 14.4 Å². The van der Waals surface area contributed by atoms with Gasteiger partial charge in [0.25, 0.3) is 0 Å². The molecular weight excluding hydrogens is 434 g/mol. The predicted molar refractivity (Wildman–Crippen MR) is 136 cm³/mol. The van der Waals surface area contributed by atoms with Crippen LogP contribution in [-0.2, 0) is 0 Å². The normalized spacial score (nSPS) is 13.4. The highest BCUT2D eigenvalue weighted by molar-refractivity contribution is 6.31. The number of anilines is 1. The first-order chi connectivity index (χ1) is 17.1. The van der Waals surface area contributed by atoms with Crippen molar-refractivity contribution >= 4 is 33.8 Å². The number of ketones is 3. The van der Waals surface area contributed by atoms with E-state index in [1.807, 2.05) is 60.7 Å². The van der Waals surface area contributed by atoms with Crippen LogP contribution in [0.15, 0.2) is 91.0 Å². The number of carbonyl (C=O) groups is 3. The summed E-state index contributed by atoms with van der Waals surface area (Å²) in [7, 11) is 0. The summed E-state index contributed by atoms with van der Waals surface area (Å²) in [4.78, 5) is 39.9. The molecule has 7 rings (SSSR count). The quantitative estimate of drug-likeness (QED) is 0.307. The molecule has 2 N–H and O–H groups in total. The molecule has 4 heteroatoms. The SMILES string of the molecule is Nc1c(-c2ccc3cccc4c3c2-c2ccccc2C4=O)ccc2c1C(=O)c1ccccc1C2=O. The molecule has 164 valence electrons. The first kappa shape index (κ1) is 19.6. The number of nitrogens with two attached hydrogens (primary N) is 1. The van der Waals surface area contributed by atoms with Crippen LogP contribution in [0.25, 0.3) is 33.0 Å². The van der Waals surface area contributed by atoms with Gasteiger partial charge in [-0.05, 0) is 28.1 Å². The van der Waals surface area contributed by atoms with Gasteiger partial charge in [0.15, 0.2) is 17.3 Å². The minimum atomic E-state index is -0.250. The van der Waals surface area contributed by atoms with Crippen LogP contribution in [0, 0.1) is 0 Å². The smallest absolute Gasteiger partial charge is 0.196 e. The second kappa shape index (κ2) is 6.84. The molecule has 0 saturated carbocycles. The van der Waals surface area contributed by atoms with Gasteiger partial charge in [-0.1, -0.05) is 84.9 Å². The van der Waals surface area contributed by atoms with Crippen LogP contribution in [0.5, 0.6) is 0 Å². The summed E-state index contributed by atoms with van der Waals surface area (Å²) in [6.45, 7) is 0. The van der Waals surface area contributed by atoms with Gasteiger partial charge < -0.3 is 5.73 Å². The molecule has 0 aliphatic heterocycles. The Morgan fingerprint density at radius 3 is 1.69 bits per heavy atom. The number of hydrogen-bond acceptors (Lipinski definition) is 4. The van der Waals surface area contributed by atoms with E-state index in [-0.39, 0.29) is 28.6 Å².